The summed E-state index contributed by atoms with van der Waals surface area (Å²) in [5.74, 6) is 5.90. The summed E-state index contributed by atoms with van der Waals surface area (Å²) in [6.07, 6.45) is 0.125. The Bertz CT molecular complexity index is 558. The summed E-state index contributed by atoms with van der Waals surface area (Å²) in [7, 11) is -1.09. The number of benzene rings is 1. The van der Waals surface area contributed by atoms with Crippen LogP contribution in [0.25, 0.3) is 0 Å². The molecule has 0 aliphatic heterocycles. The molecule has 6 heteroatoms. The van der Waals surface area contributed by atoms with Crippen LogP contribution in [0.5, 0.6) is 0 Å². The van der Waals surface area contributed by atoms with E-state index < -0.39 is 7.60 Å². The highest BCUT2D eigenvalue weighted by Gasteiger charge is 2.21. The molecule has 0 amide bonds. The van der Waals surface area contributed by atoms with E-state index in [0.29, 0.717) is 19.8 Å². The van der Waals surface area contributed by atoms with E-state index in [-0.39, 0.29) is 6.16 Å². The van der Waals surface area contributed by atoms with Gasteiger partial charge >= 0.3 is 7.60 Å². The normalized spacial score (nSPS) is 11.3. The minimum atomic E-state index is -3.06. The van der Waals surface area contributed by atoms with E-state index in [4.69, 9.17) is 20.6 Å². The Morgan fingerprint density at radius 3 is 2.50 bits per heavy atom. The highest BCUT2D eigenvalue weighted by atomic mass is 35.5. The van der Waals surface area contributed by atoms with Crippen LogP contribution in [0, 0.1) is 11.8 Å². The molecule has 0 aliphatic carbocycles. The zero-order chi connectivity index (χ0) is 16.4. The molecule has 0 aromatic heterocycles. The quantitative estimate of drug-likeness (QED) is 0.527. The molecule has 0 spiro atoms. The monoisotopic (exact) mass is 343 g/mol. The van der Waals surface area contributed by atoms with Gasteiger partial charge in [-0.2, -0.15) is 0 Å². The Balaban J connectivity index is 2.47. The number of nitrogens with zero attached hydrogens (tertiary/aromatic N) is 1. The molecule has 0 unspecified atom stereocenters. The lowest BCUT2D eigenvalue weighted by atomic mass is 10.2. The second-order valence-electron chi connectivity index (χ2n) is 4.76. The second kappa shape index (κ2) is 10.0. The van der Waals surface area contributed by atoms with Gasteiger partial charge in [-0.1, -0.05) is 35.6 Å². The maximum atomic E-state index is 12.2. The van der Waals surface area contributed by atoms with Crippen molar-refractivity contribution in [2.24, 2.45) is 0 Å². The van der Waals surface area contributed by atoms with Crippen molar-refractivity contribution in [3.8, 4) is 11.8 Å². The Morgan fingerprint density at radius 2 is 1.91 bits per heavy atom. The first-order valence-corrected chi connectivity index (χ1v) is 9.36. The maximum absolute atomic E-state index is 12.2. The van der Waals surface area contributed by atoms with Crippen LogP contribution < -0.4 is 0 Å². The van der Waals surface area contributed by atoms with Gasteiger partial charge in [0.25, 0.3) is 0 Å². The molecule has 0 bridgehead atoms. The molecule has 22 heavy (non-hydrogen) atoms. The SMILES string of the molecule is CCOP(=O)(CC#CCN(C)Cc1cccc(Cl)c1)OCC. The van der Waals surface area contributed by atoms with Crippen LogP contribution in [0.3, 0.4) is 0 Å². The maximum Gasteiger partial charge on any atom is 0.342 e. The first kappa shape index (κ1) is 19.2. The van der Waals surface area contributed by atoms with Crippen LogP contribution in [-0.2, 0) is 20.2 Å². The molecule has 1 rings (SSSR count). The van der Waals surface area contributed by atoms with E-state index in [1.54, 1.807) is 13.8 Å². The van der Waals surface area contributed by atoms with Gasteiger partial charge in [-0.25, -0.2) is 0 Å². The fourth-order valence-electron chi connectivity index (χ4n) is 1.87. The lowest BCUT2D eigenvalue weighted by Gasteiger charge is -2.14. The van der Waals surface area contributed by atoms with Gasteiger partial charge < -0.3 is 9.05 Å². The molecular weight excluding hydrogens is 321 g/mol. The van der Waals surface area contributed by atoms with Crippen molar-refractivity contribution < 1.29 is 13.6 Å². The Morgan fingerprint density at radius 1 is 1.23 bits per heavy atom. The van der Waals surface area contributed by atoms with Crippen LogP contribution in [0.4, 0.5) is 0 Å². The predicted octanol–water partition coefficient (Wildman–Crippen LogP) is 4.04. The summed E-state index contributed by atoms with van der Waals surface area (Å²) < 4.78 is 22.6. The van der Waals surface area contributed by atoms with Gasteiger partial charge in [-0.15, -0.1) is 0 Å². The van der Waals surface area contributed by atoms with Gasteiger partial charge in [0.05, 0.1) is 19.8 Å². The standard InChI is InChI=1S/C16H23ClNO3P/c1-4-20-22(19,21-5-2)12-7-6-11-18(3)14-15-9-8-10-16(17)13-15/h8-10,13H,4-5,11-12,14H2,1-3H3. The smallest absolute Gasteiger partial charge is 0.308 e. The van der Waals surface area contributed by atoms with Crippen molar-refractivity contribution in [3.05, 3.63) is 34.9 Å². The molecule has 0 atom stereocenters. The summed E-state index contributed by atoms with van der Waals surface area (Å²) >= 11 is 5.96. The third kappa shape index (κ3) is 7.45. The van der Waals surface area contributed by atoms with Gasteiger partial charge in [0.15, 0.2) is 0 Å². The summed E-state index contributed by atoms with van der Waals surface area (Å²) in [5.41, 5.74) is 1.13. The Kier molecular flexibility index (Phi) is 8.78. The van der Waals surface area contributed by atoms with E-state index in [2.05, 4.69) is 16.7 Å². The van der Waals surface area contributed by atoms with Crippen LogP contribution >= 0.6 is 19.2 Å². The first-order chi connectivity index (χ1) is 10.5. The van der Waals surface area contributed by atoms with E-state index in [1.807, 2.05) is 31.3 Å². The second-order valence-corrected chi connectivity index (χ2v) is 7.25. The molecule has 0 heterocycles. The molecule has 0 saturated heterocycles. The zero-order valence-corrected chi connectivity index (χ0v) is 15.0. The molecular formula is C16H23ClNO3P. The molecule has 0 radical (unpaired) electrons. The zero-order valence-electron chi connectivity index (χ0n) is 13.3. The number of rotatable bonds is 8. The van der Waals surface area contributed by atoms with Gasteiger partial charge in [0.1, 0.15) is 6.16 Å². The number of hydrogen-bond acceptors (Lipinski definition) is 4. The van der Waals surface area contributed by atoms with Gasteiger partial charge in [-0.05, 0) is 38.6 Å². The highest BCUT2D eigenvalue weighted by Crippen LogP contribution is 2.47. The van der Waals surface area contributed by atoms with Crippen molar-refractivity contribution in [3.63, 3.8) is 0 Å². The van der Waals surface area contributed by atoms with Crippen molar-refractivity contribution in [2.45, 2.75) is 20.4 Å². The average Bonchev–Trinajstić information content (AvgIpc) is 2.44. The molecule has 1 aromatic rings. The number of halogens is 1. The summed E-state index contributed by atoms with van der Waals surface area (Å²) in [6.45, 7) is 5.62. The molecule has 0 saturated carbocycles. The third-order valence-corrected chi connectivity index (χ3v) is 4.82. The van der Waals surface area contributed by atoms with Crippen LogP contribution in [-0.4, -0.2) is 37.9 Å². The van der Waals surface area contributed by atoms with Crippen LogP contribution in [0.2, 0.25) is 5.02 Å². The van der Waals surface area contributed by atoms with E-state index in [1.165, 1.54) is 0 Å². The minimum absolute atomic E-state index is 0.125. The Hall–Kier alpha value is -0.820. The topological polar surface area (TPSA) is 38.8 Å². The van der Waals surface area contributed by atoms with Gasteiger partial charge in [0.2, 0.25) is 0 Å². The molecule has 4 nitrogen and oxygen atoms in total. The van der Waals surface area contributed by atoms with E-state index in [0.717, 1.165) is 17.1 Å². The Labute approximate surface area is 138 Å². The minimum Gasteiger partial charge on any atom is -0.308 e. The molecule has 1 aromatic carbocycles. The summed E-state index contributed by atoms with van der Waals surface area (Å²) in [4.78, 5) is 2.06. The molecule has 0 fully saturated rings. The lowest BCUT2D eigenvalue weighted by molar-refractivity contribution is 0.223. The van der Waals surface area contributed by atoms with Gasteiger partial charge in [0, 0.05) is 11.6 Å². The third-order valence-electron chi connectivity index (χ3n) is 2.74. The summed E-state index contributed by atoms with van der Waals surface area (Å²) in [5, 5.41) is 0.728. The molecule has 0 N–H and O–H groups in total. The number of hydrogen-bond donors (Lipinski definition) is 0. The van der Waals surface area contributed by atoms with Crippen molar-refractivity contribution in [2.75, 3.05) is 33.0 Å². The van der Waals surface area contributed by atoms with E-state index >= 15 is 0 Å². The van der Waals surface area contributed by atoms with E-state index in [9.17, 15) is 4.57 Å². The fourth-order valence-corrected chi connectivity index (χ4v) is 3.43. The van der Waals surface area contributed by atoms with Gasteiger partial charge in [-0.3, -0.25) is 9.46 Å². The lowest BCUT2D eigenvalue weighted by Crippen LogP contribution is -2.17. The highest BCUT2D eigenvalue weighted by molar-refractivity contribution is 7.54. The largest absolute Gasteiger partial charge is 0.342 e. The van der Waals surface area contributed by atoms with Crippen molar-refractivity contribution >= 4 is 19.2 Å². The summed E-state index contributed by atoms with van der Waals surface area (Å²) in [6, 6.07) is 7.74. The fraction of sp³-hybridized carbons (Fsp3) is 0.500. The van der Waals surface area contributed by atoms with Crippen molar-refractivity contribution in [1.82, 2.24) is 4.90 Å². The predicted molar refractivity (Wildman–Crippen MR) is 91.3 cm³/mol. The van der Waals surface area contributed by atoms with Crippen molar-refractivity contribution in [1.29, 1.82) is 0 Å². The van der Waals surface area contributed by atoms with Crippen LogP contribution in [0.1, 0.15) is 19.4 Å². The average molecular weight is 344 g/mol. The molecule has 0 aliphatic rings. The van der Waals surface area contributed by atoms with Crippen LogP contribution in [0.15, 0.2) is 24.3 Å². The first-order valence-electron chi connectivity index (χ1n) is 7.26. The molecule has 122 valence electrons.